The summed E-state index contributed by atoms with van der Waals surface area (Å²) >= 11 is 1.45. The van der Waals surface area contributed by atoms with Gasteiger partial charge in [-0.3, -0.25) is 4.98 Å². The Labute approximate surface area is 116 Å². The van der Waals surface area contributed by atoms with Gasteiger partial charge in [0, 0.05) is 13.2 Å². The van der Waals surface area contributed by atoms with Gasteiger partial charge in [0.05, 0.1) is 18.4 Å². The molecule has 0 aliphatic heterocycles. The summed E-state index contributed by atoms with van der Waals surface area (Å²) in [5, 5.41) is 9.77. The fraction of sp³-hybridized carbons (Fsp3) is 0.231. The average Bonchev–Trinajstić information content (AvgIpc) is 2.47. The Kier molecular flexibility index (Phi) is 4.31. The molecule has 2 heterocycles. The second-order valence-electron chi connectivity index (χ2n) is 3.88. The van der Waals surface area contributed by atoms with Gasteiger partial charge in [-0.25, -0.2) is 9.97 Å². The monoisotopic (exact) mass is 271 g/mol. The summed E-state index contributed by atoms with van der Waals surface area (Å²) in [6.45, 7) is 0.598. The molecule has 0 atom stereocenters. The zero-order chi connectivity index (χ0) is 13.7. The molecule has 6 heteroatoms. The van der Waals surface area contributed by atoms with Crippen LogP contribution in [0.15, 0.2) is 35.7 Å². The fourth-order valence-corrected chi connectivity index (χ4v) is 1.97. The third-order valence-electron chi connectivity index (χ3n) is 2.54. The molecule has 0 N–H and O–H groups in total. The molecule has 0 unspecified atom stereocenters. The van der Waals surface area contributed by atoms with E-state index in [1.807, 2.05) is 36.4 Å². The predicted molar refractivity (Wildman–Crippen MR) is 74.9 cm³/mol. The smallest absolute Gasteiger partial charge is 0.189 e. The van der Waals surface area contributed by atoms with Crippen molar-refractivity contribution < 1.29 is 0 Å². The summed E-state index contributed by atoms with van der Waals surface area (Å²) in [6.07, 6.45) is 5.22. The number of anilines is 1. The molecule has 0 aliphatic carbocycles. The third-order valence-corrected chi connectivity index (χ3v) is 3.10. The van der Waals surface area contributed by atoms with Crippen LogP contribution >= 0.6 is 11.8 Å². The first-order chi connectivity index (χ1) is 9.24. The molecule has 19 heavy (non-hydrogen) atoms. The first-order valence-corrected chi connectivity index (χ1v) is 6.89. The van der Waals surface area contributed by atoms with Crippen molar-refractivity contribution >= 4 is 17.6 Å². The van der Waals surface area contributed by atoms with Crippen molar-refractivity contribution in [3.63, 3.8) is 0 Å². The van der Waals surface area contributed by atoms with Crippen molar-refractivity contribution in [2.24, 2.45) is 0 Å². The molecule has 0 aromatic carbocycles. The van der Waals surface area contributed by atoms with Gasteiger partial charge < -0.3 is 4.90 Å². The summed E-state index contributed by atoms with van der Waals surface area (Å²) in [7, 11) is 1.89. The molecule has 5 nitrogen and oxygen atoms in total. The number of nitriles is 1. The van der Waals surface area contributed by atoms with Gasteiger partial charge in [-0.1, -0.05) is 17.8 Å². The van der Waals surface area contributed by atoms with E-state index in [0.29, 0.717) is 23.1 Å². The second kappa shape index (κ2) is 6.16. The lowest BCUT2D eigenvalue weighted by Crippen LogP contribution is -2.20. The molecular weight excluding hydrogens is 258 g/mol. The van der Waals surface area contributed by atoms with E-state index in [4.69, 9.17) is 5.26 Å². The van der Waals surface area contributed by atoms with Gasteiger partial charge in [-0.15, -0.1) is 0 Å². The largest absolute Gasteiger partial charge is 0.353 e. The van der Waals surface area contributed by atoms with Crippen LogP contribution in [-0.2, 0) is 6.54 Å². The highest BCUT2D eigenvalue weighted by Gasteiger charge is 2.12. The van der Waals surface area contributed by atoms with Gasteiger partial charge in [0.15, 0.2) is 11.0 Å². The first kappa shape index (κ1) is 13.3. The normalized spacial score (nSPS) is 9.95. The Morgan fingerprint density at radius 2 is 2.21 bits per heavy atom. The maximum atomic E-state index is 9.12. The SMILES string of the molecule is CSc1ncc(C#N)c(N(C)Cc2ccccn2)n1. The zero-order valence-corrected chi connectivity index (χ0v) is 11.6. The maximum absolute atomic E-state index is 9.12. The number of hydrogen-bond acceptors (Lipinski definition) is 6. The Bertz CT molecular complexity index is 594. The van der Waals surface area contributed by atoms with Gasteiger partial charge in [0.2, 0.25) is 0 Å². The number of nitrogens with zero attached hydrogens (tertiary/aromatic N) is 5. The van der Waals surface area contributed by atoms with Crippen molar-refractivity contribution in [3.05, 3.63) is 41.9 Å². The maximum Gasteiger partial charge on any atom is 0.189 e. The number of thioether (sulfide) groups is 1. The van der Waals surface area contributed by atoms with Crippen LogP contribution in [0.3, 0.4) is 0 Å². The first-order valence-electron chi connectivity index (χ1n) is 5.66. The number of aromatic nitrogens is 3. The summed E-state index contributed by atoms with van der Waals surface area (Å²) in [5.41, 5.74) is 1.40. The van der Waals surface area contributed by atoms with Crippen molar-refractivity contribution in [1.82, 2.24) is 15.0 Å². The van der Waals surface area contributed by atoms with E-state index in [1.54, 1.807) is 12.4 Å². The van der Waals surface area contributed by atoms with E-state index in [-0.39, 0.29) is 0 Å². The molecule has 0 aliphatic rings. The Morgan fingerprint density at radius 3 is 2.84 bits per heavy atom. The van der Waals surface area contributed by atoms with Gasteiger partial charge >= 0.3 is 0 Å². The minimum atomic E-state index is 0.469. The summed E-state index contributed by atoms with van der Waals surface area (Å²) in [5.74, 6) is 0.632. The molecule has 0 radical (unpaired) electrons. The van der Waals surface area contributed by atoms with Crippen LogP contribution in [0.5, 0.6) is 0 Å². The highest BCUT2D eigenvalue weighted by Crippen LogP contribution is 2.20. The minimum Gasteiger partial charge on any atom is -0.353 e. The standard InChI is InChI=1S/C13H13N5S/c1-18(9-11-5-3-4-6-15-11)12-10(7-14)8-16-13(17-12)19-2/h3-6,8H,9H2,1-2H3. The minimum absolute atomic E-state index is 0.469. The van der Waals surface area contributed by atoms with E-state index in [0.717, 1.165) is 5.69 Å². The van der Waals surface area contributed by atoms with Crippen LogP contribution in [0.25, 0.3) is 0 Å². The molecule has 0 bridgehead atoms. The van der Waals surface area contributed by atoms with Gasteiger partial charge in [-0.05, 0) is 18.4 Å². The lowest BCUT2D eigenvalue weighted by Gasteiger charge is -2.18. The van der Waals surface area contributed by atoms with Gasteiger partial charge in [0.25, 0.3) is 0 Å². The molecule has 96 valence electrons. The summed E-state index contributed by atoms with van der Waals surface area (Å²) in [6, 6.07) is 7.88. The molecule has 0 spiro atoms. The third kappa shape index (κ3) is 3.20. The zero-order valence-electron chi connectivity index (χ0n) is 10.7. The Morgan fingerprint density at radius 1 is 1.37 bits per heavy atom. The van der Waals surface area contributed by atoms with Crippen molar-refractivity contribution in [2.75, 3.05) is 18.2 Å². The molecule has 2 aromatic rings. The molecule has 2 rings (SSSR count). The molecule has 2 aromatic heterocycles. The second-order valence-corrected chi connectivity index (χ2v) is 4.66. The van der Waals surface area contributed by atoms with Crippen LogP contribution in [0, 0.1) is 11.3 Å². The lowest BCUT2D eigenvalue weighted by molar-refractivity contribution is 0.833. The van der Waals surface area contributed by atoms with Crippen LogP contribution in [-0.4, -0.2) is 28.3 Å². The van der Waals surface area contributed by atoms with E-state index in [1.165, 1.54) is 11.8 Å². The fourth-order valence-electron chi connectivity index (χ4n) is 1.63. The van der Waals surface area contributed by atoms with Crippen molar-refractivity contribution in [2.45, 2.75) is 11.7 Å². The van der Waals surface area contributed by atoms with E-state index in [2.05, 4.69) is 21.0 Å². The number of rotatable bonds is 4. The highest BCUT2D eigenvalue weighted by molar-refractivity contribution is 7.98. The van der Waals surface area contributed by atoms with Gasteiger partial charge in [-0.2, -0.15) is 5.26 Å². The van der Waals surface area contributed by atoms with Crippen LogP contribution in [0.1, 0.15) is 11.3 Å². The number of hydrogen-bond donors (Lipinski definition) is 0. The van der Waals surface area contributed by atoms with Crippen LogP contribution < -0.4 is 4.90 Å². The number of pyridine rings is 1. The predicted octanol–water partition coefficient (Wildman–Crippen LogP) is 2.10. The quantitative estimate of drug-likeness (QED) is 0.626. The van der Waals surface area contributed by atoms with Crippen molar-refractivity contribution in [1.29, 1.82) is 5.26 Å². The Balaban J connectivity index is 2.27. The van der Waals surface area contributed by atoms with E-state index < -0.39 is 0 Å². The molecule has 0 amide bonds. The highest BCUT2D eigenvalue weighted by atomic mass is 32.2. The van der Waals surface area contributed by atoms with Crippen LogP contribution in [0.4, 0.5) is 5.82 Å². The van der Waals surface area contributed by atoms with Crippen LogP contribution in [0.2, 0.25) is 0 Å². The molecular formula is C13H13N5S. The molecule has 0 saturated carbocycles. The summed E-state index contributed by atoms with van der Waals surface area (Å²) in [4.78, 5) is 14.7. The molecule has 0 fully saturated rings. The lowest BCUT2D eigenvalue weighted by atomic mass is 10.3. The Hall–Kier alpha value is -2.13. The molecule has 0 saturated heterocycles. The van der Waals surface area contributed by atoms with Gasteiger partial charge in [0.1, 0.15) is 11.6 Å². The van der Waals surface area contributed by atoms with E-state index >= 15 is 0 Å². The van der Waals surface area contributed by atoms with E-state index in [9.17, 15) is 0 Å². The topological polar surface area (TPSA) is 65.7 Å². The average molecular weight is 271 g/mol. The summed E-state index contributed by atoms with van der Waals surface area (Å²) < 4.78 is 0. The van der Waals surface area contributed by atoms with Crippen molar-refractivity contribution in [3.8, 4) is 6.07 Å².